The number of hydrogen-bond donors (Lipinski definition) is 1. The standard InChI is InChI=1S/C10H5BrClF2N3/c11-6-2-1-5(13)3-8(6)16-9-7(14)4-15-10(12)17-9/h1-4H,(H,15,16,17). The first-order chi connectivity index (χ1) is 8.06. The topological polar surface area (TPSA) is 37.8 Å². The van der Waals surface area contributed by atoms with Crippen molar-refractivity contribution < 1.29 is 8.78 Å². The molecule has 0 amide bonds. The normalized spacial score (nSPS) is 10.4. The summed E-state index contributed by atoms with van der Waals surface area (Å²) in [5.41, 5.74) is 0.346. The summed E-state index contributed by atoms with van der Waals surface area (Å²) in [5.74, 6) is -1.24. The van der Waals surface area contributed by atoms with E-state index in [2.05, 4.69) is 31.2 Å². The molecule has 1 N–H and O–H groups in total. The molecule has 0 aliphatic carbocycles. The van der Waals surface area contributed by atoms with Gasteiger partial charge in [0.15, 0.2) is 11.6 Å². The predicted molar refractivity (Wildman–Crippen MR) is 64.4 cm³/mol. The molecule has 17 heavy (non-hydrogen) atoms. The van der Waals surface area contributed by atoms with E-state index in [4.69, 9.17) is 11.6 Å². The highest BCUT2D eigenvalue weighted by Gasteiger charge is 2.08. The van der Waals surface area contributed by atoms with Gasteiger partial charge in [-0.05, 0) is 45.7 Å². The Morgan fingerprint density at radius 2 is 2.06 bits per heavy atom. The van der Waals surface area contributed by atoms with Gasteiger partial charge in [0, 0.05) is 4.47 Å². The summed E-state index contributed by atoms with van der Waals surface area (Å²) in [6, 6.07) is 3.98. The molecule has 0 radical (unpaired) electrons. The number of nitrogens with one attached hydrogen (secondary N) is 1. The van der Waals surface area contributed by atoms with Crippen LogP contribution < -0.4 is 5.32 Å². The molecular formula is C10H5BrClF2N3. The minimum atomic E-state index is -0.675. The summed E-state index contributed by atoms with van der Waals surface area (Å²) < 4.78 is 26.9. The van der Waals surface area contributed by atoms with Crippen LogP contribution in [-0.2, 0) is 0 Å². The molecule has 3 nitrogen and oxygen atoms in total. The average molecular weight is 321 g/mol. The molecule has 1 heterocycles. The molecule has 2 rings (SSSR count). The number of rotatable bonds is 2. The Kier molecular flexibility index (Phi) is 3.54. The van der Waals surface area contributed by atoms with Crippen molar-refractivity contribution in [3.05, 3.63) is 45.8 Å². The van der Waals surface area contributed by atoms with Crippen molar-refractivity contribution in [3.63, 3.8) is 0 Å². The van der Waals surface area contributed by atoms with Crippen LogP contribution in [0.25, 0.3) is 0 Å². The van der Waals surface area contributed by atoms with E-state index < -0.39 is 11.6 Å². The first-order valence-electron chi connectivity index (χ1n) is 4.46. The molecule has 0 saturated heterocycles. The minimum Gasteiger partial charge on any atom is -0.337 e. The molecule has 7 heteroatoms. The van der Waals surface area contributed by atoms with Crippen LogP contribution in [-0.4, -0.2) is 9.97 Å². The van der Waals surface area contributed by atoms with Crippen LogP contribution >= 0.6 is 27.5 Å². The van der Waals surface area contributed by atoms with Crippen molar-refractivity contribution in [1.82, 2.24) is 9.97 Å². The second-order valence-electron chi connectivity index (χ2n) is 3.08. The maximum Gasteiger partial charge on any atom is 0.224 e. The molecule has 0 spiro atoms. The van der Waals surface area contributed by atoms with Crippen molar-refractivity contribution >= 4 is 39.0 Å². The highest BCUT2D eigenvalue weighted by molar-refractivity contribution is 9.10. The van der Waals surface area contributed by atoms with Gasteiger partial charge in [0.2, 0.25) is 5.28 Å². The lowest BCUT2D eigenvalue weighted by Crippen LogP contribution is -1.99. The molecule has 1 aromatic carbocycles. The monoisotopic (exact) mass is 319 g/mol. The quantitative estimate of drug-likeness (QED) is 0.852. The Bertz CT molecular complexity index is 516. The Morgan fingerprint density at radius 1 is 1.29 bits per heavy atom. The van der Waals surface area contributed by atoms with Gasteiger partial charge < -0.3 is 5.32 Å². The van der Waals surface area contributed by atoms with Crippen molar-refractivity contribution in [2.45, 2.75) is 0 Å². The van der Waals surface area contributed by atoms with E-state index in [9.17, 15) is 8.78 Å². The number of nitrogens with zero attached hydrogens (tertiary/aromatic N) is 2. The SMILES string of the molecule is Fc1ccc(Br)c(Nc2nc(Cl)ncc2F)c1. The first-order valence-corrected chi connectivity index (χ1v) is 5.63. The van der Waals surface area contributed by atoms with Crippen LogP contribution in [0.4, 0.5) is 20.3 Å². The lowest BCUT2D eigenvalue weighted by atomic mass is 10.3. The van der Waals surface area contributed by atoms with E-state index in [1.54, 1.807) is 0 Å². The Balaban J connectivity index is 2.37. The Morgan fingerprint density at radius 3 is 2.82 bits per heavy atom. The zero-order valence-corrected chi connectivity index (χ0v) is 10.6. The number of hydrogen-bond acceptors (Lipinski definition) is 3. The Hall–Kier alpha value is -1.27. The highest BCUT2D eigenvalue weighted by Crippen LogP contribution is 2.27. The van der Waals surface area contributed by atoms with Gasteiger partial charge in [0.1, 0.15) is 5.82 Å². The van der Waals surface area contributed by atoms with Gasteiger partial charge in [-0.15, -0.1) is 0 Å². The van der Waals surface area contributed by atoms with E-state index in [0.717, 1.165) is 6.20 Å². The molecule has 2 aromatic rings. The summed E-state index contributed by atoms with van der Waals surface area (Å²) in [7, 11) is 0. The number of halogens is 4. The van der Waals surface area contributed by atoms with Gasteiger partial charge in [-0.25, -0.2) is 13.8 Å². The summed E-state index contributed by atoms with van der Waals surface area (Å²) >= 11 is 8.74. The second-order valence-corrected chi connectivity index (χ2v) is 4.28. The molecule has 0 saturated carbocycles. The molecule has 88 valence electrons. The first kappa shape index (κ1) is 12.2. The van der Waals surface area contributed by atoms with E-state index in [1.165, 1.54) is 18.2 Å². The third kappa shape index (κ3) is 2.89. The van der Waals surface area contributed by atoms with Gasteiger partial charge >= 0.3 is 0 Å². The lowest BCUT2D eigenvalue weighted by molar-refractivity contribution is 0.618. The largest absolute Gasteiger partial charge is 0.337 e. The van der Waals surface area contributed by atoms with Crippen molar-refractivity contribution in [2.75, 3.05) is 5.32 Å². The van der Waals surface area contributed by atoms with Crippen LogP contribution in [0.1, 0.15) is 0 Å². The van der Waals surface area contributed by atoms with Crippen LogP contribution in [0.5, 0.6) is 0 Å². The molecule has 0 bridgehead atoms. The zero-order chi connectivity index (χ0) is 12.4. The van der Waals surface area contributed by atoms with E-state index in [1.807, 2.05) is 0 Å². The van der Waals surface area contributed by atoms with Crippen LogP contribution in [0.2, 0.25) is 5.28 Å². The number of anilines is 2. The van der Waals surface area contributed by atoms with Crippen LogP contribution in [0.3, 0.4) is 0 Å². The van der Waals surface area contributed by atoms with E-state index in [-0.39, 0.29) is 11.1 Å². The average Bonchev–Trinajstić information content (AvgIpc) is 2.28. The zero-order valence-electron chi connectivity index (χ0n) is 8.22. The molecule has 0 atom stereocenters. The van der Waals surface area contributed by atoms with Crippen LogP contribution in [0, 0.1) is 11.6 Å². The van der Waals surface area contributed by atoms with E-state index >= 15 is 0 Å². The molecule has 0 fully saturated rings. The van der Waals surface area contributed by atoms with Crippen molar-refractivity contribution in [2.24, 2.45) is 0 Å². The molecule has 1 aromatic heterocycles. The minimum absolute atomic E-state index is 0.0959. The van der Waals surface area contributed by atoms with Gasteiger partial charge in [-0.2, -0.15) is 4.98 Å². The molecule has 0 aliphatic rings. The fourth-order valence-corrected chi connectivity index (χ4v) is 1.63. The molecule has 0 unspecified atom stereocenters. The second kappa shape index (κ2) is 4.93. The lowest BCUT2D eigenvalue weighted by Gasteiger charge is -2.08. The van der Waals surface area contributed by atoms with E-state index in [0.29, 0.717) is 10.2 Å². The smallest absolute Gasteiger partial charge is 0.224 e. The maximum absolute atomic E-state index is 13.3. The summed E-state index contributed by atoms with van der Waals surface area (Å²) in [4.78, 5) is 7.14. The summed E-state index contributed by atoms with van der Waals surface area (Å²) in [5, 5.41) is 2.53. The van der Waals surface area contributed by atoms with Gasteiger partial charge in [0.25, 0.3) is 0 Å². The third-order valence-electron chi connectivity index (χ3n) is 1.90. The number of aromatic nitrogens is 2. The van der Waals surface area contributed by atoms with Crippen molar-refractivity contribution in [3.8, 4) is 0 Å². The molecule has 0 aliphatic heterocycles. The van der Waals surface area contributed by atoms with Gasteiger partial charge in [0.05, 0.1) is 11.9 Å². The fourth-order valence-electron chi connectivity index (χ4n) is 1.15. The maximum atomic E-state index is 13.3. The summed E-state index contributed by atoms with van der Waals surface area (Å²) in [6.45, 7) is 0. The van der Waals surface area contributed by atoms with Crippen LogP contribution in [0.15, 0.2) is 28.9 Å². The molecular weight excluding hydrogens is 315 g/mol. The van der Waals surface area contributed by atoms with Gasteiger partial charge in [-0.1, -0.05) is 0 Å². The van der Waals surface area contributed by atoms with Crippen molar-refractivity contribution in [1.29, 1.82) is 0 Å². The number of benzene rings is 1. The fraction of sp³-hybridized carbons (Fsp3) is 0. The third-order valence-corrected chi connectivity index (χ3v) is 2.77. The summed E-state index contributed by atoms with van der Waals surface area (Å²) in [6.07, 6.45) is 0.935. The van der Waals surface area contributed by atoms with Gasteiger partial charge in [-0.3, -0.25) is 0 Å². The Labute approximate surface area is 109 Å². The highest BCUT2D eigenvalue weighted by atomic mass is 79.9. The predicted octanol–water partition coefficient (Wildman–Crippen LogP) is 3.91.